The first-order chi connectivity index (χ1) is 9.19. The Bertz CT molecular complexity index is 604. The van der Waals surface area contributed by atoms with Crippen molar-refractivity contribution in [3.8, 4) is 0 Å². The molecule has 1 aromatic heterocycles. The summed E-state index contributed by atoms with van der Waals surface area (Å²) < 4.78 is 4.92. The molecule has 0 unspecified atom stereocenters. The number of hydrogen-bond acceptors (Lipinski definition) is 5. The van der Waals surface area contributed by atoms with Crippen molar-refractivity contribution in [2.75, 3.05) is 6.61 Å². The fourth-order valence-corrected chi connectivity index (χ4v) is 1.46. The SMILES string of the molecule is CCOC(=O)c1cccc(N=Nc2ncc(C)[nH]2)c1. The fourth-order valence-electron chi connectivity index (χ4n) is 1.46. The number of H-pyrrole nitrogens is 1. The number of rotatable bonds is 4. The summed E-state index contributed by atoms with van der Waals surface area (Å²) in [5, 5.41) is 7.97. The zero-order chi connectivity index (χ0) is 13.7. The molecule has 6 nitrogen and oxygen atoms in total. The minimum atomic E-state index is -0.367. The summed E-state index contributed by atoms with van der Waals surface area (Å²) >= 11 is 0. The molecule has 2 aromatic rings. The second kappa shape index (κ2) is 5.90. The predicted molar refractivity (Wildman–Crippen MR) is 69.9 cm³/mol. The molecule has 19 heavy (non-hydrogen) atoms. The van der Waals surface area contributed by atoms with Crippen LogP contribution in [0.25, 0.3) is 0 Å². The van der Waals surface area contributed by atoms with Gasteiger partial charge in [0.25, 0.3) is 0 Å². The summed E-state index contributed by atoms with van der Waals surface area (Å²) in [6, 6.07) is 6.78. The number of carbonyl (C=O) groups excluding carboxylic acids is 1. The number of nitrogens with one attached hydrogen (secondary N) is 1. The first kappa shape index (κ1) is 12.9. The van der Waals surface area contributed by atoms with Crippen LogP contribution >= 0.6 is 0 Å². The van der Waals surface area contributed by atoms with Gasteiger partial charge in [0.1, 0.15) is 0 Å². The molecule has 98 valence electrons. The average Bonchev–Trinajstić information content (AvgIpc) is 2.83. The maximum Gasteiger partial charge on any atom is 0.338 e. The van der Waals surface area contributed by atoms with Crippen molar-refractivity contribution in [3.05, 3.63) is 41.7 Å². The highest BCUT2D eigenvalue weighted by atomic mass is 16.5. The van der Waals surface area contributed by atoms with Gasteiger partial charge in [0.2, 0.25) is 5.95 Å². The monoisotopic (exact) mass is 258 g/mol. The van der Waals surface area contributed by atoms with E-state index in [1.54, 1.807) is 37.4 Å². The summed E-state index contributed by atoms with van der Waals surface area (Å²) in [6.45, 7) is 3.99. The highest BCUT2D eigenvalue weighted by Crippen LogP contribution is 2.17. The molecule has 6 heteroatoms. The Labute approximate surface area is 110 Å². The lowest BCUT2D eigenvalue weighted by atomic mass is 10.2. The van der Waals surface area contributed by atoms with Crippen LogP contribution in [0.1, 0.15) is 23.0 Å². The number of esters is 1. The van der Waals surface area contributed by atoms with Crippen molar-refractivity contribution in [2.24, 2.45) is 10.2 Å². The van der Waals surface area contributed by atoms with Gasteiger partial charge in [0, 0.05) is 11.9 Å². The summed E-state index contributed by atoms with van der Waals surface area (Å²) in [5.74, 6) is 0.0624. The second-order valence-corrected chi connectivity index (χ2v) is 3.86. The van der Waals surface area contributed by atoms with E-state index in [0.29, 0.717) is 23.8 Å². The fraction of sp³-hybridized carbons (Fsp3) is 0.231. The summed E-state index contributed by atoms with van der Waals surface area (Å²) in [4.78, 5) is 18.5. The van der Waals surface area contributed by atoms with Gasteiger partial charge in [0.15, 0.2) is 0 Å². The lowest BCUT2D eigenvalue weighted by Gasteiger charge is -2.01. The molecule has 0 radical (unpaired) electrons. The van der Waals surface area contributed by atoms with E-state index in [2.05, 4.69) is 20.2 Å². The Morgan fingerprint density at radius 3 is 2.95 bits per heavy atom. The quantitative estimate of drug-likeness (QED) is 0.674. The number of hydrogen-bond donors (Lipinski definition) is 1. The van der Waals surface area contributed by atoms with Crippen LogP contribution < -0.4 is 0 Å². The number of ether oxygens (including phenoxy) is 1. The zero-order valence-electron chi connectivity index (χ0n) is 10.8. The van der Waals surface area contributed by atoms with Crippen LogP contribution in [-0.2, 0) is 4.74 Å². The Morgan fingerprint density at radius 1 is 1.42 bits per heavy atom. The van der Waals surface area contributed by atoms with E-state index >= 15 is 0 Å². The van der Waals surface area contributed by atoms with Crippen LogP contribution in [0.5, 0.6) is 0 Å². The number of nitrogens with zero attached hydrogens (tertiary/aromatic N) is 3. The second-order valence-electron chi connectivity index (χ2n) is 3.86. The lowest BCUT2D eigenvalue weighted by molar-refractivity contribution is 0.0526. The number of aromatic nitrogens is 2. The molecule has 0 spiro atoms. The predicted octanol–water partition coefficient (Wildman–Crippen LogP) is 3.31. The molecule has 1 aromatic carbocycles. The Kier molecular flexibility index (Phi) is 4.02. The summed E-state index contributed by atoms with van der Waals surface area (Å²) in [6.07, 6.45) is 1.67. The van der Waals surface area contributed by atoms with Gasteiger partial charge in [-0.05, 0) is 32.0 Å². The molecule has 1 N–H and O–H groups in total. The Morgan fingerprint density at radius 2 is 2.26 bits per heavy atom. The van der Waals surface area contributed by atoms with Gasteiger partial charge in [-0.1, -0.05) is 6.07 Å². The lowest BCUT2D eigenvalue weighted by Crippen LogP contribution is -2.03. The number of benzene rings is 1. The van der Waals surface area contributed by atoms with Crippen LogP contribution in [0.15, 0.2) is 40.7 Å². The van der Waals surface area contributed by atoms with Crippen molar-refractivity contribution >= 4 is 17.6 Å². The molecule has 0 saturated carbocycles. The highest BCUT2D eigenvalue weighted by molar-refractivity contribution is 5.90. The van der Waals surface area contributed by atoms with Crippen LogP contribution in [0.2, 0.25) is 0 Å². The number of aryl methyl sites for hydroxylation is 1. The maximum atomic E-state index is 11.6. The molecule has 0 aliphatic carbocycles. The average molecular weight is 258 g/mol. The number of azo groups is 1. The van der Waals surface area contributed by atoms with Gasteiger partial charge >= 0.3 is 5.97 Å². The number of carbonyl (C=O) groups is 1. The number of aromatic amines is 1. The first-order valence-corrected chi connectivity index (χ1v) is 5.89. The first-order valence-electron chi connectivity index (χ1n) is 5.89. The Balaban J connectivity index is 2.15. The minimum absolute atomic E-state index is 0.344. The van der Waals surface area contributed by atoms with E-state index < -0.39 is 0 Å². The molecule has 0 amide bonds. The highest BCUT2D eigenvalue weighted by Gasteiger charge is 2.06. The third-order valence-corrected chi connectivity index (χ3v) is 2.31. The number of imidazole rings is 1. The third-order valence-electron chi connectivity index (χ3n) is 2.31. The molecular formula is C13H14N4O2. The maximum absolute atomic E-state index is 11.6. The van der Waals surface area contributed by atoms with Crippen molar-refractivity contribution in [1.82, 2.24) is 9.97 Å². The van der Waals surface area contributed by atoms with Gasteiger partial charge in [-0.2, -0.15) is 0 Å². The molecular weight excluding hydrogens is 244 g/mol. The van der Waals surface area contributed by atoms with Crippen molar-refractivity contribution in [3.63, 3.8) is 0 Å². The largest absolute Gasteiger partial charge is 0.462 e. The van der Waals surface area contributed by atoms with E-state index in [9.17, 15) is 4.79 Å². The van der Waals surface area contributed by atoms with E-state index in [1.807, 2.05) is 6.92 Å². The van der Waals surface area contributed by atoms with Crippen LogP contribution in [0.3, 0.4) is 0 Å². The Hall–Kier alpha value is -2.50. The van der Waals surface area contributed by atoms with Crippen molar-refractivity contribution in [1.29, 1.82) is 0 Å². The van der Waals surface area contributed by atoms with E-state index in [1.165, 1.54) is 0 Å². The van der Waals surface area contributed by atoms with Crippen LogP contribution in [-0.4, -0.2) is 22.5 Å². The molecule has 2 rings (SSSR count). The van der Waals surface area contributed by atoms with Crippen LogP contribution in [0, 0.1) is 6.92 Å². The van der Waals surface area contributed by atoms with Crippen molar-refractivity contribution < 1.29 is 9.53 Å². The normalized spacial score (nSPS) is 10.8. The van der Waals surface area contributed by atoms with Gasteiger partial charge in [0.05, 0.1) is 17.9 Å². The molecule has 0 atom stereocenters. The molecule has 0 aliphatic heterocycles. The van der Waals surface area contributed by atoms with E-state index in [-0.39, 0.29) is 5.97 Å². The smallest absolute Gasteiger partial charge is 0.338 e. The summed E-state index contributed by atoms with van der Waals surface area (Å²) in [7, 11) is 0. The van der Waals surface area contributed by atoms with Crippen molar-refractivity contribution in [2.45, 2.75) is 13.8 Å². The zero-order valence-corrected chi connectivity index (χ0v) is 10.8. The van der Waals surface area contributed by atoms with E-state index in [0.717, 1.165) is 5.69 Å². The summed E-state index contributed by atoms with van der Waals surface area (Å²) in [5.41, 5.74) is 1.93. The topological polar surface area (TPSA) is 79.7 Å². The minimum Gasteiger partial charge on any atom is -0.462 e. The molecule has 0 bridgehead atoms. The molecule has 0 aliphatic rings. The van der Waals surface area contributed by atoms with E-state index in [4.69, 9.17) is 4.74 Å². The van der Waals surface area contributed by atoms with Gasteiger partial charge < -0.3 is 9.72 Å². The third kappa shape index (κ3) is 3.48. The van der Waals surface area contributed by atoms with Gasteiger partial charge in [-0.15, -0.1) is 10.2 Å². The standard InChI is InChI=1S/C13H14N4O2/c1-3-19-12(18)10-5-4-6-11(7-10)16-17-13-14-8-9(2)15-13/h4-8H,3H2,1-2H3,(H,14,15). The van der Waals surface area contributed by atoms with Gasteiger partial charge in [-0.25, -0.2) is 9.78 Å². The van der Waals surface area contributed by atoms with Crippen LogP contribution in [0.4, 0.5) is 11.6 Å². The molecule has 1 heterocycles. The molecule has 0 fully saturated rings. The molecule has 0 saturated heterocycles. The van der Waals surface area contributed by atoms with Gasteiger partial charge in [-0.3, -0.25) is 0 Å².